The highest BCUT2D eigenvalue weighted by atomic mass is 35.5. The predicted molar refractivity (Wildman–Crippen MR) is 83.6 cm³/mol. The van der Waals surface area contributed by atoms with Gasteiger partial charge >= 0.3 is 0 Å². The zero-order valence-corrected chi connectivity index (χ0v) is 12.7. The van der Waals surface area contributed by atoms with Crippen LogP contribution >= 0.6 is 11.6 Å². The molecule has 1 unspecified atom stereocenters. The van der Waals surface area contributed by atoms with Crippen molar-refractivity contribution in [2.75, 3.05) is 19.6 Å². The molecule has 0 bridgehead atoms. The number of nitrogens with zero attached hydrogens (tertiary/aromatic N) is 1. The van der Waals surface area contributed by atoms with Crippen molar-refractivity contribution >= 4 is 11.6 Å². The van der Waals surface area contributed by atoms with E-state index < -0.39 is 0 Å². The van der Waals surface area contributed by atoms with Gasteiger partial charge in [-0.1, -0.05) is 23.7 Å². The van der Waals surface area contributed by atoms with Crippen LogP contribution in [0.5, 0.6) is 5.88 Å². The van der Waals surface area contributed by atoms with Crippen LogP contribution in [0.25, 0.3) is 0 Å². The lowest BCUT2D eigenvalue weighted by atomic mass is 10.1. The summed E-state index contributed by atoms with van der Waals surface area (Å²) in [5.74, 6) is 0.153. The zero-order valence-electron chi connectivity index (χ0n) is 12.0. The lowest BCUT2D eigenvalue weighted by molar-refractivity contribution is 0.278. The standard InChI is InChI=1S/C16H17ClFN3O/c17-12-4-3-11(14(18)8-12)10-22-16-13(2-1-5-21-16)15-9-19-6-7-20-15/h1-5,8,15,19-20H,6-7,9-10H2. The maximum absolute atomic E-state index is 13.8. The van der Waals surface area contributed by atoms with E-state index in [4.69, 9.17) is 16.3 Å². The van der Waals surface area contributed by atoms with Crippen LogP contribution in [0.3, 0.4) is 0 Å². The van der Waals surface area contributed by atoms with Gasteiger partial charge in [-0.15, -0.1) is 0 Å². The molecule has 0 radical (unpaired) electrons. The van der Waals surface area contributed by atoms with Gasteiger partial charge < -0.3 is 15.4 Å². The summed E-state index contributed by atoms with van der Waals surface area (Å²) in [7, 11) is 0. The summed E-state index contributed by atoms with van der Waals surface area (Å²) in [5, 5.41) is 7.12. The lowest BCUT2D eigenvalue weighted by Gasteiger charge is -2.25. The zero-order chi connectivity index (χ0) is 15.4. The fraction of sp³-hybridized carbons (Fsp3) is 0.312. The summed E-state index contributed by atoms with van der Waals surface area (Å²) in [6.07, 6.45) is 1.67. The lowest BCUT2D eigenvalue weighted by Crippen LogP contribution is -2.42. The summed E-state index contributed by atoms with van der Waals surface area (Å²) in [5.41, 5.74) is 1.43. The molecule has 3 rings (SSSR count). The summed E-state index contributed by atoms with van der Waals surface area (Å²) in [6.45, 7) is 2.78. The number of hydrogen-bond donors (Lipinski definition) is 2. The van der Waals surface area contributed by atoms with E-state index in [9.17, 15) is 4.39 Å². The van der Waals surface area contributed by atoms with E-state index >= 15 is 0 Å². The molecule has 0 aliphatic carbocycles. The van der Waals surface area contributed by atoms with Crippen LogP contribution in [-0.2, 0) is 6.61 Å². The Bertz CT molecular complexity index is 647. The molecule has 2 heterocycles. The molecular formula is C16H17ClFN3O. The largest absolute Gasteiger partial charge is 0.472 e. The monoisotopic (exact) mass is 321 g/mol. The Kier molecular flexibility index (Phi) is 4.87. The van der Waals surface area contributed by atoms with Crippen molar-refractivity contribution in [1.82, 2.24) is 15.6 Å². The van der Waals surface area contributed by atoms with Crippen molar-refractivity contribution in [2.24, 2.45) is 0 Å². The highest BCUT2D eigenvalue weighted by Gasteiger charge is 2.19. The van der Waals surface area contributed by atoms with Crippen LogP contribution in [0.1, 0.15) is 17.2 Å². The van der Waals surface area contributed by atoms with Gasteiger partial charge in [-0.2, -0.15) is 0 Å². The molecule has 2 N–H and O–H groups in total. The van der Waals surface area contributed by atoms with Crippen molar-refractivity contribution in [1.29, 1.82) is 0 Å². The van der Waals surface area contributed by atoms with Gasteiger partial charge in [0.2, 0.25) is 5.88 Å². The number of nitrogens with one attached hydrogen (secondary N) is 2. The first kappa shape index (κ1) is 15.2. The molecule has 1 aliphatic heterocycles. The number of benzene rings is 1. The average molecular weight is 322 g/mol. The fourth-order valence-corrected chi connectivity index (χ4v) is 2.61. The number of pyridine rings is 1. The Morgan fingerprint density at radius 1 is 1.32 bits per heavy atom. The summed E-state index contributed by atoms with van der Waals surface area (Å²) in [4.78, 5) is 4.28. The molecule has 1 saturated heterocycles. The number of ether oxygens (including phenoxy) is 1. The molecule has 22 heavy (non-hydrogen) atoms. The van der Waals surface area contributed by atoms with Crippen LogP contribution in [0, 0.1) is 5.82 Å². The highest BCUT2D eigenvalue weighted by Crippen LogP contribution is 2.24. The number of hydrogen-bond acceptors (Lipinski definition) is 4. The van der Waals surface area contributed by atoms with E-state index in [1.54, 1.807) is 18.3 Å². The molecule has 0 saturated carbocycles. The van der Waals surface area contributed by atoms with Crippen LogP contribution < -0.4 is 15.4 Å². The van der Waals surface area contributed by atoms with Crippen LogP contribution in [0.2, 0.25) is 5.02 Å². The van der Waals surface area contributed by atoms with Crippen molar-refractivity contribution in [3.63, 3.8) is 0 Å². The fourth-order valence-electron chi connectivity index (χ4n) is 2.45. The van der Waals surface area contributed by atoms with E-state index in [0.717, 1.165) is 25.2 Å². The van der Waals surface area contributed by atoms with Gasteiger partial charge in [-0.3, -0.25) is 0 Å². The van der Waals surface area contributed by atoms with E-state index in [1.165, 1.54) is 6.07 Å². The summed E-state index contributed by atoms with van der Waals surface area (Å²) < 4.78 is 19.5. The minimum atomic E-state index is -0.373. The molecule has 1 aromatic heterocycles. The van der Waals surface area contributed by atoms with Gasteiger partial charge in [-0.25, -0.2) is 9.37 Å². The first-order valence-electron chi connectivity index (χ1n) is 7.20. The van der Waals surface area contributed by atoms with Gasteiger partial charge in [0, 0.05) is 42.0 Å². The van der Waals surface area contributed by atoms with Crippen molar-refractivity contribution in [3.8, 4) is 5.88 Å². The Balaban J connectivity index is 1.74. The maximum atomic E-state index is 13.8. The number of piperazine rings is 1. The van der Waals surface area contributed by atoms with Crippen molar-refractivity contribution < 1.29 is 9.13 Å². The summed E-state index contributed by atoms with van der Waals surface area (Å²) in [6, 6.07) is 8.56. The van der Waals surface area contributed by atoms with E-state index in [0.29, 0.717) is 16.5 Å². The predicted octanol–water partition coefficient (Wildman–Crippen LogP) is 2.69. The SMILES string of the molecule is Fc1cc(Cl)ccc1COc1ncccc1C1CNCCN1. The minimum Gasteiger partial charge on any atom is -0.472 e. The smallest absolute Gasteiger partial charge is 0.218 e. The minimum absolute atomic E-state index is 0.118. The second-order valence-electron chi connectivity index (χ2n) is 5.13. The van der Waals surface area contributed by atoms with Crippen LogP contribution in [-0.4, -0.2) is 24.6 Å². The van der Waals surface area contributed by atoms with Crippen molar-refractivity contribution in [2.45, 2.75) is 12.6 Å². The van der Waals surface area contributed by atoms with Gasteiger partial charge in [0.25, 0.3) is 0 Å². The van der Waals surface area contributed by atoms with Gasteiger partial charge in [-0.05, 0) is 18.2 Å². The summed E-state index contributed by atoms with van der Waals surface area (Å²) >= 11 is 5.75. The topological polar surface area (TPSA) is 46.2 Å². The third-order valence-electron chi connectivity index (χ3n) is 3.60. The van der Waals surface area contributed by atoms with Crippen molar-refractivity contribution in [3.05, 3.63) is 58.5 Å². The maximum Gasteiger partial charge on any atom is 0.218 e. The molecule has 0 spiro atoms. The second-order valence-corrected chi connectivity index (χ2v) is 5.57. The molecule has 1 aliphatic rings. The molecule has 4 nitrogen and oxygen atoms in total. The quantitative estimate of drug-likeness (QED) is 0.909. The van der Waals surface area contributed by atoms with Gasteiger partial charge in [0.05, 0.1) is 6.04 Å². The Hall–Kier alpha value is -1.69. The molecular weight excluding hydrogens is 305 g/mol. The third-order valence-corrected chi connectivity index (χ3v) is 3.83. The van der Waals surface area contributed by atoms with Gasteiger partial charge in [0.15, 0.2) is 0 Å². The Labute approximate surface area is 133 Å². The highest BCUT2D eigenvalue weighted by molar-refractivity contribution is 6.30. The molecule has 116 valence electrons. The molecule has 1 fully saturated rings. The average Bonchev–Trinajstić information content (AvgIpc) is 2.55. The first-order chi connectivity index (χ1) is 10.7. The van der Waals surface area contributed by atoms with E-state index in [-0.39, 0.29) is 18.5 Å². The van der Waals surface area contributed by atoms with E-state index in [2.05, 4.69) is 15.6 Å². The number of rotatable bonds is 4. The second kappa shape index (κ2) is 7.05. The number of aromatic nitrogens is 1. The van der Waals surface area contributed by atoms with Gasteiger partial charge in [0.1, 0.15) is 12.4 Å². The normalized spacial score (nSPS) is 18.2. The molecule has 1 aromatic carbocycles. The molecule has 2 aromatic rings. The first-order valence-corrected chi connectivity index (χ1v) is 7.57. The number of halogens is 2. The van der Waals surface area contributed by atoms with E-state index in [1.807, 2.05) is 12.1 Å². The molecule has 1 atom stereocenters. The Morgan fingerprint density at radius 2 is 2.23 bits per heavy atom. The van der Waals surface area contributed by atoms with Crippen LogP contribution in [0.4, 0.5) is 4.39 Å². The molecule has 6 heteroatoms. The molecule has 0 amide bonds. The Morgan fingerprint density at radius 3 is 3.00 bits per heavy atom. The van der Waals surface area contributed by atoms with Crippen LogP contribution in [0.15, 0.2) is 36.5 Å². The third kappa shape index (κ3) is 3.55.